The van der Waals surface area contributed by atoms with E-state index in [0.717, 1.165) is 37.3 Å². The topological polar surface area (TPSA) is 92.4 Å². The number of amides is 1. The van der Waals surface area contributed by atoms with E-state index in [9.17, 15) is 9.59 Å². The van der Waals surface area contributed by atoms with E-state index >= 15 is 0 Å². The first kappa shape index (κ1) is 27.9. The number of hydrogen-bond donors (Lipinski definition) is 3. The van der Waals surface area contributed by atoms with Crippen LogP contribution in [0.3, 0.4) is 0 Å². The predicted molar refractivity (Wildman–Crippen MR) is 170 cm³/mol. The van der Waals surface area contributed by atoms with Crippen molar-refractivity contribution in [1.82, 2.24) is 14.8 Å². The molecule has 7 nitrogen and oxygen atoms in total. The van der Waals surface area contributed by atoms with Crippen molar-refractivity contribution in [3.8, 4) is 11.1 Å². The van der Waals surface area contributed by atoms with Gasteiger partial charge in [-0.15, -0.1) is 0 Å². The minimum atomic E-state index is -0.149. The van der Waals surface area contributed by atoms with Crippen molar-refractivity contribution in [3.63, 3.8) is 0 Å². The number of carbonyl (C=O) groups excluding carboxylic acids is 1. The summed E-state index contributed by atoms with van der Waals surface area (Å²) >= 11 is 0. The van der Waals surface area contributed by atoms with E-state index < -0.39 is 0 Å². The van der Waals surface area contributed by atoms with Gasteiger partial charge in [0.2, 0.25) is 5.56 Å². The van der Waals surface area contributed by atoms with Crippen LogP contribution in [-0.2, 0) is 13.6 Å². The molecule has 0 unspecified atom stereocenters. The molecule has 4 aromatic rings. The Morgan fingerprint density at radius 2 is 1.62 bits per heavy atom. The second-order valence-corrected chi connectivity index (χ2v) is 11.8. The fourth-order valence-electron chi connectivity index (χ4n) is 5.97. The first-order chi connectivity index (χ1) is 20.4. The van der Waals surface area contributed by atoms with Gasteiger partial charge in [-0.2, -0.15) is 0 Å². The van der Waals surface area contributed by atoms with Gasteiger partial charge in [0.15, 0.2) is 0 Å². The molecule has 1 aliphatic carbocycles. The maximum absolute atomic E-state index is 12.6. The summed E-state index contributed by atoms with van der Waals surface area (Å²) in [5.41, 5.74) is 12.6. The lowest BCUT2D eigenvalue weighted by Crippen LogP contribution is -2.37. The van der Waals surface area contributed by atoms with Crippen LogP contribution in [-0.4, -0.2) is 41.1 Å². The summed E-state index contributed by atoms with van der Waals surface area (Å²) in [5.74, 6) is 1.16. The summed E-state index contributed by atoms with van der Waals surface area (Å²) in [7, 11) is 1.79. The third-order valence-corrected chi connectivity index (χ3v) is 8.76. The molecule has 1 saturated carbocycles. The quantitative estimate of drug-likeness (QED) is 0.243. The van der Waals surface area contributed by atoms with E-state index in [1.54, 1.807) is 23.7 Å². The smallest absolute Gasteiger partial charge is 0.255 e. The Morgan fingerprint density at radius 1 is 0.905 bits per heavy atom. The SMILES string of the molecule is Cn1cc(-c2ccc([C@@H]3C[C@H]3NCC3CCN(Cc4ccc(C(=O)Nc5ccccc5N)cc4)CC3)cc2)ccc1=O. The van der Waals surface area contributed by atoms with Gasteiger partial charge in [0.05, 0.1) is 11.4 Å². The number of aromatic nitrogens is 1. The van der Waals surface area contributed by atoms with Crippen molar-refractivity contribution >= 4 is 17.3 Å². The number of nitrogens with zero attached hydrogens (tertiary/aromatic N) is 2. The summed E-state index contributed by atoms with van der Waals surface area (Å²) in [5, 5.41) is 6.72. The lowest BCUT2D eigenvalue weighted by molar-refractivity contribution is 0.102. The molecule has 42 heavy (non-hydrogen) atoms. The van der Waals surface area contributed by atoms with Crippen molar-refractivity contribution < 1.29 is 4.79 Å². The van der Waals surface area contributed by atoms with Crippen molar-refractivity contribution in [2.24, 2.45) is 13.0 Å². The number of rotatable bonds is 9. The average molecular weight is 562 g/mol. The molecule has 0 spiro atoms. The highest BCUT2D eigenvalue weighted by molar-refractivity contribution is 6.05. The lowest BCUT2D eigenvalue weighted by atomic mass is 9.96. The van der Waals surface area contributed by atoms with Gasteiger partial charge < -0.3 is 20.9 Å². The lowest BCUT2D eigenvalue weighted by Gasteiger charge is -2.32. The van der Waals surface area contributed by atoms with Crippen LogP contribution < -0.4 is 21.9 Å². The third-order valence-electron chi connectivity index (χ3n) is 8.76. The van der Waals surface area contributed by atoms with Gasteiger partial charge in [-0.3, -0.25) is 14.5 Å². The monoisotopic (exact) mass is 561 g/mol. The summed E-state index contributed by atoms with van der Waals surface area (Å²) in [6.07, 6.45) is 5.51. The van der Waals surface area contributed by atoms with Crippen LogP contribution in [0.25, 0.3) is 11.1 Å². The van der Waals surface area contributed by atoms with E-state index in [0.29, 0.717) is 34.8 Å². The highest BCUT2D eigenvalue weighted by atomic mass is 16.1. The minimum absolute atomic E-state index is 0.0106. The van der Waals surface area contributed by atoms with E-state index in [-0.39, 0.29) is 11.5 Å². The van der Waals surface area contributed by atoms with Crippen LogP contribution in [0.15, 0.2) is 95.9 Å². The number of aryl methyl sites for hydroxylation is 1. The molecule has 2 heterocycles. The molecule has 2 atom stereocenters. The number of hydrogen-bond acceptors (Lipinski definition) is 5. The molecule has 3 aromatic carbocycles. The van der Waals surface area contributed by atoms with Crippen LogP contribution in [0.2, 0.25) is 0 Å². The minimum Gasteiger partial charge on any atom is -0.397 e. The molecular weight excluding hydrogens is 522 g/mol. The van der Waals surface area contributed by atoms with Crippen LogP contribution in [0.4, 0.5) is 11.4 Å². The number of para-hydroxylation sites is 2. The molecule has 1 aliphatic heterocycles. The Labute approximate surface area is 247 Å². The van der Waals surface area contributed by atoms with Gasteiger partial charge in [0.1, 0.15) is 0 Å². The molecule has 1 saturated heterocycles. The number of carbonyl (C=O) groups is 1. The Kier molecular flexibility index (Phi) is 8.22. The number of pyridine rings is 1. The first-order valence-corrected chi connectivity index (χ1v) is 14.9. The standard InChI is InChI=1S/C35H39N5O2/c1-39-23-29(14-15-34(39)41)26-10-12-27(13-11-26)30-20-33(30)37-21-24-16-18-40(19-17-24)22-25-6-8-28(9-7-25)35(42)38-32-5-3-2-4-31(32)36/h2-15,23-24,30,33,37H,16-22,36H2,1H3,(H,38,42)/t30-,33+/m0/s1. The number of piperidine rings is 1. The number of nitrogens with one attached hydrogen (secondary N) is 2. The molecule has 2 fully saturated rings. The Balaban J connectivity index is 0.917. The molecule has 4 N–H and O–H groups in total. The summed E-state index contributed by atoms with van der Waals surface area (Å²) < 4.78 is 1.62. The zero-order valence-corrected chi connectivity index (χ0v) is 24.1. The van der Waals surface area contributed by atoms with Crippen molar-refractivity contribution in [1.29, 1.82) is 0 Å². The Bertz CT molecular complexity index is 1590. The maximum atomic E-state index is 12.6. The molecule has 1 aromatic heterocycles. The summed E-state index contributed by atoms with van der Waals surface area (Å²) in [4.78, 5) is 26.8. The molecule has 6 rings (SSSR count). The maximum Gasteiger partial charge on any atom is 0.255 e. The average Bonchev–Trinajstić information content (AvgIpc) is 3.80. The molecule has 216 valence electrons. The molecule has 7 heteroatoms. The van der Waals surface area contributed by atoms with Crippen molar-refractivity contribution in [3.05, 3.63) is 118 Å². The first-order valence-electron chi connectivity index (χ1n) is 14.9. The second kappa shape index (κ2) is 12.3. The normalized spacial score (nSPS) is 19.0. The van der Waals surface area contributed by atoms with Crippen LogP contribution in [0.5, 0.6) is 0 Å². The number of nitrogen functional groups attached to an aromatic ring is 1. The number of anilines is 2. The van der Waals surface area contributed by atoms with E-state index in [1.807, 2.05) is 42.6 Å². The van der Waals surface area contributed by atoms with Crippen LogP contribution >= 0.6 is 0 Å². The summed E-state index contributed by atoms with van der Waals surface area (Å²) in [6.45, 7) is 4.19. The van der Waals surface area contributed by atoms with Crippen LogP contribution in [0, 0.1) is 5.92 Å². The second-order valence-electron chi connectivity index (χ2n) is 11.8. The van der Waals surface area contributed by atoms with Gasteiger partial charge in [0.25, 0.3) is 5.91 Å². The van der Waals surface area contributed by atoms with E-state index in [1.165, 1.54) is 30.4 Å². The van der Waals surface area contributed by atoms with Crippen molar-refractivity contribution in [2.75, 3.05) is 30.7 Å². The van der Waals surface area contributed by atoms with Gasteiger partial charge in [0, 0.05) is 43.4 Å². The van der Waals surface area contributed by atoms with Crippen LogP contribution in [0.1, 0.15) is 46.7 Å². The van der Waals surface area contributed by atoms with Gasteiger partial charge in [-0.1, -0.05) is 48.5 Å². The highest BCUT2D eigenvalue weighted by Crippen LogP contribution is 2.41. The Morgan fingerprint density at radius 3 is 2.33 bits per heavy atom. The fraction of sp³-hybridized carbons (Fsp3) is 0.314. The van der Waals surface area contributed by atoms with Gasteiger partial charge in [-0.05, 0) is 97.4 Å². The van der Waals surface area contributed by atoms with Crippen molar-refractivity contribution in [2.45, 2.75) is 37.8 Å². The summed E-state index contributed by atoms with van der Waals surface area (Å²) in [6, 6.07) is 28.1. The number of nitrogens with two attached hydrogens (primary N) is 1. The zero-order valence-electron chi connectivity index (χ0n) is 24.1. The van der Waals surface area contributed by atoms with Gasteiger partial charge >= 0.3 is 0 Å². The van der Waals surface area contributed by atoms with E-state index in [2.05, 4.69) is 51.9 Å². The zero-order chi connectivity index (χ0) is 29.1. The molecule has 0 radical (unpaired) electrons. The highest BCUT2D eigenvalue weighted by Gasteiger charge is 2.38. The molecular formula is C35H39N5O2. The Hall–Kier alpha value is -4.20. The molecule has 0 bridgehead atoms. The fourth-order valence-corrected chi connectivity index (χ4v) is 5.97. The third kappa shape index (κ3) is 6.64. The van der Waals surface area contributed by atoms with E-state index in [4.69, 9.17) is 5.73 Å². The molecule has 1 amide bonds. The molecule has 2 aliphatic rings. The number of likely N-dealkylation sites (tertiary alicyclic amines) is 1. The largest absolute Gasteiger partial charge is 0.397 e. The number of benzene rings is 3. The predicted octanol–water partition coefficient (Wildman–Crippen LogP) is 5.24. The van der Waals surface area contributed by atoms with Gasteiger partial charge in [-0.25, -0.2) is 0 Å².